The SMILES string of the molecule is C[C@@H]1CCC[C@H](C)N1C(=O)C[NH+]1CCN(S(=O)(=O)c2ccc(Cl)s2)CC1. The van der Waals surface area contributed by atoms with E-state index in [1.165, 1.54) is 10.7 Å². The van der Waals surface area contributed by atoms with Crippen LogP contribution >= 0.6 is 22.9 Å². The second kappa shape index (κ2) is 8.14. The zero-order valence-electron chi connectivity index (χ0n) is 15.3. The summed E-state index contributed by atoms with van der Waals surface area (Å²) in [5, 5.41) is 0. The van der Waals surface area contributed by atoms with Crippen molar-refractivity contribution in [1.29, 1.82) is 0 Å². The summed E-state index contributed by atoms with van der Waals surface area (Å²) >= 11 is 6.96. The van der Waals surface area contributed by atoms with E-state index in [0.29, 0.717) is 49.1 Å². The van der Waals surface area contributed by atoms with Crippen LogP contribution in [0.2, 0.25) is 4.34 Å². The van der Waals surface area contributed by atoms with Gasteiger partial charge in [0.1, 0.15) is 4.21 Å². The average molecular weight is 421 g/mol. The van der Waals surface area contributed by atoms with Crippen molar-refractivity contribution in [3.8, 4) is 0 Å². The van der Waals surface area contributed by atoms with Gasteiger partial charge in [-0.3, -0.25) is 4.79 Å². The Morgan fingerprint density at radius 1 is 1.23 bits per heavy atom. The van der Waals surface area contributed by atoms with Gasteiger partial charge in [-0.15, -0.1) is 11.3 Å². The van der Waals surface area contributed by atoms with Crippen LogP contribution in [0.4, 0.5) is 0 Å². The Morgan fingerprint density at radius 3 is 2.38 bits per heavy atom. The van der Waals surface area contributed by atoms with Gasteiger partial charge in [0.25, 0.3) is 15.9 Å². The zero-order valence-corrected chi connectivity index (χ0v) is 17.7. The standard InChI is InChI=1S/C17H26ClN3O3S2/c1-13-4-3-5-14(2)21(13)16(22)12-19-8-10-20(11-9-19)26(23,24)17-7-6-15(18)25-17/h6-7,13-14H,3-5,8-12H2,1-2H3/p+1/t13-,14+. The molecule has 146 valence electrons. The molecule has 0 aromatic carbocycles. The number of rotatable bonds is 4. The summed E-state index contributed by atoms with van der Waals surface area (Å²) in [6, 6.07) is 3.77. The van der Waals surface area contributed by atoms with Crippen LogP contribution in [0.5, 0.6) is 0 Å². The van der Waals surface area contributed by atoms with E-state index in [1.54, 1.807) is 12.1 Å². The van der Waals surface area contributed by atoms with Gasteiger partial charge >= 0.3 is 0 Å². The Morgan fingerprint density at radius 2 is 1.85 bits per heavy atom. The quantitative estimate of drug-likeness (QED) is 0.792. The Labute approximate surface area is 164 Å². The summed E-state index contributed by atoms with van der Waals surface area (Å²) in [7, 11) is -3.47. The van der Waals surface area contributed by atoms with E-state index in [9.17, 15) is 13.2 Å². The van der Waals surface area contributed by atoms with Gasteiger partial charge in [-0.05, 0) is 45.2 Å². The summed E-state index contributed by atoms with van der Waals surface area (Å²) in [6.45, 7) is 6.88. The fourth-order valence-electron chi connectivity index (χ4n) is 4.00. The molecule has 1 N–H and O–H groups in total. The van der Waals surface area contributed by atoms with Gasteiger partial charge in [-0.25, -0.2) is 8.42 Å². The van der Waals surface area contributed by atoms with Crippen molar-refractivity contribution in [2.45, 2.75) is 49.4 Å². The summed E-state index contributed by atoms with van der Waals surface area (Å²) in [5.41, 5.74) is 0. The van der Waals surface area contributed by atoms with E-state index < -0.39 is 10.0 Å². The number of thiophene rings is 1. The maximum atomic E-state index is 12.8. The lowest BCUT2D eigenvalue weighted by atomic mass is 9.97. The van der Waals surface area contributed by atoms with Gasteiger partial charge in [0.15, 0.2) is 6.54 Å². The highest BCUT2D eigenvalue weighted by atomic mass is 35.5. The Kier molecular flexibility index (Phi) is 6.29. The minimum absolute atomic E-state index is 0.195. The lowest BCUT2D eigenvalue weighted by Gasteiger charge is -2.40. The molecule has 2 aliphatic heterocycles. The highest BCUT2D eigenvalue weighted by Crippen LogP contribution is 2.28. The number of halogens is 1. The average Bonchev–Trinajstić information content (AvgIpc) is 3.02. The molecule has 0 radical (unpaired) electrons. The maximum Gasteiger partial charge on any atom is 0.278 e. The molecule has 3 rings (SSSR count). The summed E-state index contributed by atoms with van der Waals surface area (Å²) in [4.78, 5) is 15.9. The van der Waals surface area contributed by atoms with E-state index in [2.05, 4.69) is 13.8 Å². The van der Waals surface area contributed by atoms with Crippen LogP contribution < -0.4 is 4.90 Å². The molecule has 0 aliphatic carbocycles. The molecular weight excluding hydrogens is 394 g/mol. The number of amides is 1. The van der Waals surface area contributed by atoms with E-state index in [0.717, 1.165) is 29.1 Å². The number of hydrogen-bond acceptors (Lipinski definition) is 4. The van der Waals surface area contributed by atoms with E-state index in [1.807, 2.05) is 4.90 Å². The van der Waals surface area contributed by atoms with Gasteiger partial charge in [-0.2, -0.15) is 4.31 Å². The van der Waals surface area contributed by atoms with Crippen LogP contribution in [0.1, 0.15) is 33.1 Å². The lowest BCUT2D eigenvalue weighted by molar-refractivity contribution is -0.896. The van der Waals surface area contributed by atoms with Crippen LogP contribution in [0.3, 0.4) is 0 Å². The molecule has 2 saturated heterocycles. The van der Waals surface area contributed by atoms with Gasteiger partial charge in [0, 0.05) is 12.1 Å². The lowest BCUT2D eigenvalue weighted by Crippen LogP contribution is -3.15. The normalized spacial score (nSPS) is 26.2. The number of carbonyl (C=O) groups is 1. The van der Waals surface area contributed by atoms with Gasteiger partial charge in [0.2, 0.25) is 0 Å². The number of quaternary nitrogens is 1. The third-order valence-corrected chi connectivity index (χ3v) is 9.05. The molecule has 2 aliphatic rings. The molecule has 3 heterocycles. The Hall–Kier alpha value is -0.670. The van der Waals surface area contributed by atoms with E-state index >= 15 is 0 Å². The smallest absolute Gasteiger partial charge is 0.278 e. The van der Waals surface area contributed by atoms with Crippen molar-refractivity contribution in [1.82, 2.24) is 9.21 Å². The number of nitrogens with zero attached hydrogens (tertiary/aromatic N) is 2. The topological polar surface area (TPSA) is 62.1 Å². The Bertz CT molecular complexity index is 734. The number of carbonyl (C=O) groups excluding carboxylic acids is 1. The first kappa shape index (κ1) is 20.1. The number of sulfonamides is 1. The second-order valence-corrected chi connectivity index (χ2v) is 11.2. The molecular formula is C17H27ClN3O3S2+. The summed E-state index contributed by atoms with van der Waals surface area (Å²) < 4.78 is 27.6. The molecule has 9 heteroatoms. The Balaban J connectivity index is 1.56. The fourth-order valence-corrected chi connectivity index (χ4v) is 7.08. The van der Waals surface area contributed by atoms with Crippen molar-refractivity contribution in [3.05, 3.63) is 16.5 Å². The van der Waals surface area contributed by atoms with Crippen LogP contribution in [-0.2, 0) is 14.8 Å². The molecule has 0 spiro atoms. The zero-order chi connectivity index (χ0) is 18.9. The third-order valence-electron chi connectivity index (χ3n) is 5.45. The first-order valence-electron chi connectivity index (χ1n) is 9.19. The first-order chi connectivity index (χ1) is 12.3. The number of nitrogens with one attached hydrogen (secondary N) is 1. The maximum absolute atomic E-state index is 12.8. The van der Waals surface area contributed by atoms with Crippen molar-refractivity contribution in [3.63, 3.8) is 0 Å². The number of piperazine rings is 1. The van der Waals surface area contributed by atoms with Crippen molar-refractivity contribution in [2.24, 2.45) is 0 Å². The highest BCUT2D eigenvalue weighted by molar-refractivity contribution is 7.91. The predicted molar refractivity (Wildman–Crippen MR) is 103 cm³/mol. The molecule has 0 unspecified atom stereocenters. The molecule has 0 bridgehead atoms. The van der Waals surface area contributed by atoms with Crippen LogP contribution in [0.25, 0.3) is 0 Å². The predicted octanol–water partition coefficient (Wildman–Crippen LogP) is 1.08. The molecule has 26 heavy (non-hydrogen) atoms. The van der Waals surface area contributed by atoms with Crippen molar-refractivity contribution >= 4 is 38.9 Å². The van der Waals surface area contributed by atoms with E-state index in [-0.39, 0.29) is 10.1 Å². The first-order valence-corrected chi connectivity index (χ1v) is 11.8. The van der Waals surface area contributed by atoms with Crippen LogP contribution in [0, 0.1) is 0 Å². The van der Waals surface area contributed by atoms with Crippen molar-refractivity contribution < 1.29 is 18.1 Å². The molecule has 6 nitrogen and oxygen atoms in total. The summed E-state index contributed by atoms with van der Waals surface area (Å²) in [6.07, 6.45) is 3.32. The fraction of sp³-hybridized carbons (Fsp3) is 0.706. The minimum Gasteiger partial charge on any atom is -0.332 e. The van der Waals surface area contributed by atoms with Crippen molar-refractivity contribution in [2.75, 3.05) is 32.7 Å². The molecule has 2 atom stereocenters. The molecule has 2 fully saturated rings. The van der Waals surface area contributed by atoms with Crippen LogP contribution in [0.15, 0.2) is 16.3 Å². The molecule has 1 amide bonds. The molecule has 1 aromatic rings. The highest BCUT2D eigenvalue weighted by Gasteiger charge is 2.35. The molecule has 1 aromatic heterocycles. The molecule has 0 saturated carbocycles. The number of hydrogen-bond donors (Lipinski definition) is 1. The van der Waals surface area contributed by atoms with Gasteiger partial charge < -0.3 is 9.80 Å². The van der Waals surface area contributed by atoms with E-state index in [4.69, 9.17) is 11.6 Å². The number of piperidine rings is 1. The van der Waals surface area contributed by atoms with Gasteiger partial charge in [0.05, 0.1) is 30.5 Å². The third kappa shape index (κ3) is 4.25. The second-order valence-electron chi connectivity index (χ2n) is 7.32. The van der Waals surface area contributed by atoms with Crippen LogP contribution in [-0.4, -0.2) is 68.3 Å². The number of likely N-dealkylation sites (tertiary alicyclic amines) is 1. The monoisotopic (exact) mass is 420 g/mol. The largest absolute Gasteiger partial charge is 0.332 e. The van der Waals surface area contributed by atoms with Gasteiger partial charge in [-0.1, -0.05) is 11.6 Å². The minimum atomic E-state index is -3.47. The summed E-state index contributed by atoms with van der Waals surface area (Å²) in [5.74, 6) is 0.195.